The summed E-state index contributed by atoms with van der Waals surface area (Å²) in [5.41, 5.74) is 5.12. The molecule has 0 bridgehead atoms. The number of benzene rings is 3. The maximum atomic E-state index is 12.5. The van der Waals surface area contributed by atoms with Crippen LogP contribution in [0.4, 0.5) is 5.69 Å². The molecule has 0 saturated carbocycles. The topological polar surface area (TPSA) is 98.3 Å². The van der Waals surface area contributed by atoms with Crippen LogP contribution in [0.3, 0.4) is 0 Å². The van der Waals surface area contributed by atoms with E-state index in [4.69, 9.17) is 25.8 Å². The highest BCUT2D eigenvalue weighted by atomic mass is 79.9. The van der Waals surface area contributed by atoms with Gasteiger partial charge in [-0.15, -0.1) is 0 Å². The lowest BCUT2D eigenvalue weighted by molar-refractivity contribution is -0.118. The number of nitrogens with zero attached hydrogens (tertiary/aromatic N) is 1. The molecule has 2 amide bonds. The fraction of sp³-hybridized carbons (Fsp3) is 0.222. The molecule has 0 aliphatic heterocycles. The van der Waals surface area contributed by atoms with Gasteiger partial charge >= 0.3 is 0 Å². The van der Waals surface area contributed by atoms with E-state index in [9.17, 15) is 9.59 Å². The third-order valence-corrected chi connectivity index (χ3v) is 5.98. The Labute approximate surface area is 229 Å². The Morgan fingerprint density at radius 2 is 1.68 bits per heavy atom. The summed E-state index contributed by atoms with van der Waals surface area (Å²) in [6.45, 7) is 6.38. The zero-order valence-corrected chi connectivity index (χ0v) is 23.0. The number of hydrogen-bond donors (Lipinski definition) is 2. The zero-order valence-electron chi connectivity index (χ0n) is 20.6. The van der Waals surface area contributed by atoms with Gasteiger partial charge in [0.1, 0.15) is 5.75 Å². The summed E-state index contributed by atoms with van der Waals surface area (Å²) in [6, 6.07) is 15.4. The van der Waals surface area contributed by atoms with Crippen molar-refractivity contribution in [2.75, 3.05) is 25.1 Å². The number of halogens is 2. The van der Waals surface area contributed by atoms with Gasteiger partial charge in [-0.2, -0.15) is 5.10 Å². The summed E-state index contributed by atoms with van der Waals surface area (Å²) in [5.74, 6) is 0.851. The highest BCUT2D eigenvalue weighted by Gasteiger charge is 2.11. The average molecular weight is 589 g/mol. The molecule has 0 aliphatic rings. The van der Waals surface area contributed by atoms with Crippen LogP contribution in [-0.4, -0.2) is 37.8 Å². The van der Waals surface area contributed by atoms with Crippen molar-refractivity contribution in [3.63, 3.8) is 0 Å². The molecule has 3 aromatic carbocycles. The highest BCUT2D eigenvalue weighted by Crippen LogP contribution is 2.29. The highest BCUT2D eigenvalue weighted by molar-refractivity contribution is 9.10. The zero-order chi connectivity index (χ0) is 26.8. The van der Waals surface area contributed by atoms with Gasteiger partial charge in [-0.1, -0.05) is 17.7 Å². The van der Waals surface area contributed by atoms with Crippen LogP contribution < -0.4 is 25.0 Å². The summed E-state index contributed by atoms with van der Waals surface area (Å²) < 4.78 is 17.3. The van der Waals surface area contributed by atoms with Crippen molar-refractivity contribution in [1.29, 1.82) is 0 Å². The van der Waals surface area contributed by atoms with Crippen LogP contribution in [-0.2, 0) is 4.79 Å². The fourth-order valence-corrected chi connectivity index (χ4v) is 3.84. The number of carbonyl (C=O) groups excluding carboxylic acids is 2. The van der Waals surface area contributed by atoms with Crippen LogP contribution in [0.5, 0.6) is 17.2 Å². The minimum Gasteiger partial charge on any atom is -0.490 e. The first kappa shape index (κ1) is 28.0. The molecule has 194 valence electrons. The van der Waals surface area contributed by atoms with Crippen molar-refractivity contribution in [2.24, 2.45) is 5.10 Å². The van der Waals surface area contributed by atoms with E-state index < -0.39 is 0 Å². The van der Waals surface area contributed by atoms with Gasteiger partial charge in [0.15, 0.2) is 18.1 Å². The number of hydrogen-bond acceptors (Lipinski definition) is 6. The van der Waals surface area contributed by atoms with Gasteiger partial charge in [-0.25, -0.2) is 5.43 Å². The Balaban J connectivity index is 1.55. The van der Waals surface area contributed by atoms with Crippen LogP contribution in [0.2, 0.25) is 5.02 Å². The van der Waals surface area contributed by atoms with Crippen molar-refractivity contribution < 1.29 is 23.8 Å². The molecule has 3 rings (SSSR count). The van der Waals surface area contributed by atoms with Crippen molar-refractivity contribution >= 4 is 51.2 Å². The second-order valence-electron chi connectivity index (χ2n) is 7.72. The van der Waals surface area contributed by atoms with Gasteiger partial charge in [0.25, 0.3) is 11.8 Å². The molecule has 0 spiro atoms. The molecule has 0 atom stereocenters. The third kappa shape index (κ3) is 8.23. The van der Waals surface area contributed by atoms with E-state index in [1.165, 1.54) is 6.21 Å². The van der Waals surface area contributed by atoms with E-state index in [2.05, 4.69) is 31.8 Å². The number of nitrogens with one attached hydrogen (secondary N) is 2. The molecule has 0 heterocycles. The predicted octanol–water partition coefficient (Wildman–Crippen LogP) is 5.99. The van der Waals surface area contributed by atoms with Crippen LogP contribution >= 0.6 is 27.5 Å². The third-order valence-electron chi connectivity index (χ3n) is 4.96. The SMILES string of the molecule is CCOc1ccc(C(=O)N/N=C/c2ccc(OCC(=O)Nc3ccc(C)c(Cl)c3)c(Br)c2)cc1OCC. The van der Waals surface area contributed by atoms with E-state index in [-0.39, 0.29) is 18.4 Å². The first-order valence-electron chi connectivity index (χ1n) is 11.5. The molecule has 0 saturated heterocycles. The Bertz CT molecular complexity index is 1300. The monoisotopic (exact) mass is 587 g/mol. The van der Waals surface area contributed by atoms with Crippen LogP contribution in [0.25, 0.3) is 0 Å². The lowest BCUT2D eigenvalue weighted by atomic mass is 10.2. The molecular weight excluding hydrogens is 562 g/mol. The van der Waals surface area contributed by atoms with Gasteiger partial charge in [0.05, 0.1) is 23.9 Å². The van der Waals surface area contributed by atoms with E-state index in [1.54, 1.807) is 48.5 Å². The normalized spacial score (nSPS) is 10.7. The van der Waals surface area contributed by atoms with Gasteiger partial charge in [-0.05, 0) is 96.4 Å². The summed E-state index contributed by atoms with van der Waals surface area (Å²) in [4.78, 5) is 24.7. The number of carbonyl (C=O) groups is 2. The van der Waals surface area contributed by atoms with Crippen LogP contribution in [0, 0.1) is 6.92 Å². The molecule has 0 aliphatic carbocycles. The quantitative estimate of drug-likeness (QED) is 0.212. The van der Waals surface area contributed by atoms with Crippen molar-refractivity contribution in [1.82, 2.24) is 5.43 Å². The van der Waals surface area contributed by atoms with Gasteiger partial charge in [0.2, 0.25) is 0 Å². The first-order valence-corrected chi connectivity index (χ1v) is 12.7. The van der Waals surface area contributed by atoms with Crippen molar-refractivity contribution in [3.05, 3.63) is 80.8 Å². The molecular formula is C27H27BrClN3O5. The molecule has 37 heavy (non-hydrogen) atoms. The second-order valence-corrected chi connectivity index (χ2v) is 8.98. The number of rotatable bonds is 11. The van der Waals surface area contributed by atoms with Gasteiger partial charge in [-0.3, -0.25) is 9.59 Å². The number of hydrazone groups is 1. The van der Waals surface area contributed by atoms with Crippen molar-refractivity contribution in [3.8, 4) is 17.2 Å². The first-order chi connectivity index (χ1) is 17.8. The molecule has 0 fully saturated rings. The molecule has 2 N–H and O–H groups in total. The van der Waals surface area contributed by atoms with Gasteiger partial charge < -0.3 is 19.5 Å². The lowest BCUT2D eigenvalue weighted by Crippen LogP contribution is -2.20. The summed E-state index contributed by atoms with van der Waals surface area (Å²) in [6.07, 6.45) is 1.50. The maximum Gasteiger partial charge on any atom is 0.271 e. The Morgan fingerprint density at radius 1 is 0.946 bits per heavy atom. The summed E-state index contributed by atoms with van der Waals surface area (Å²) in [7, 11) is 0. The standard InChI is InChI=1S/C27H27BrClN3O5/c1-4-35-24-11-8-19(13-25(24)36-5-2)27(34)32-30-15-18-7-10-23(21(28)12-18)37-16-26(33)31-20-9-6-17(3)22(29)14-20/h6-15H,4-5,16H2,1-3H3,(H,31,33)(H,32,34)/b30-15+. The Morgan fingerprint density at radius 3 is 2.38 bits per heavy atom. The summed E-state index contributed by atoms with van der Waals surface area (Å²) >= 11 is 9.52. The number of anilines is 1. The average Bonchev–Trinajstić information content (AvgIpc) is 2.87. The molecule has 0 aromatic heterocycles. The smallest absolute Gasteiger partial charge is 0.271 e. The minimum absolute atomic E-state index is 0.181. The Kier molecular flexibility index (Phi) is 10.3. The van der Waals surface area contributed by atoms with Crippen LogP contribution in [0.15, 0.2) is 64.2 Å². The van der Waals surface area contributed by atoms with E-state index in [0.717, 1.165) is 5.56 Å². The molecule has 8 nitrogen and oxygen atoms in total. The number of amides is 2. The predicted molar refractivity (Wildman–Crippen MR) is 148 cm³/mol. The van der Waals surface area contributed by atoms with Crippen molar-refractivity contribution in [2.45, 2.75) is 20.8 Å². The second kappa shape index (κ2) is 13.7. The molecule has 0 radical (unpaired) electrons. The van der Waals surface area contributed by atoms with Gasteiger partial charge in [0, 0.05) is 16.3 Å². The number of ether oxygens (including phenoxy) is 3. The Hall–Kier alpha value is -3.56. The molecule has 0 unspecified atom stereocenters. The van der Waals surface area contributed by atoms with E-state index in [0.29, 0.717) is 56.8 Å². The molecule has 3 aromatic rings. The van der Waals surface area contributed by atoms with E-state index in [1.807, 2.05) is 26.8 Å². The van der Waals surface area contributed by atoms with Crippen LogP contribution in [0.1, 0.15) is 35.3 Å². The fourth-order valence-electron chi connectivity index (χ4n) is 3.15. The molecule has 10 heteroatoms. The summed E-state index contributed by atoms with van der Waals surface area (Å²) in [5, 5.41) is 7.34. The lowest BCUT2D eigenvalue weighted by Gasteiger charge is -2.11. The van der Waals surface area contributed by atoms with E-state index >= 15 is 0 Å². The largest absolute Gasteiger partial charge is 0.490 e. The minimum atomic E-state index is -0.389. The maximum absolute atomic E-state index is 12.5. The number of aryl methyl sites for hydroxylation is 1.